The quantitative estimate of drug-likeness (QED) is 0.571. The average Bonchev–Trinajstić information content (AvgIpc) is 2.92. The maximum atomic E-state index is 12.4. The van der Waals surface area contributed by atoms with E-state index in [9.17, 15) is 19.2 Å². The summed E-state index contributed by atoms with van der Waals surface area (Å²) in [6.07, 6.45) is -0.329. The summed E-state index contributed by atoms with van der Waals surface area (Å²) in [6.45, 7) is -0.201. The first-order valence-electron chi connectivity index (χ1n) is 8.80. The van der Waals surface area contributed by atoms with Gasteiger partial charge in [0, 0.05) is 28.0 Å². The summed E-state index contributed by atoms with van der Waals surface area (Å²) in [5.41, 5.74) is 1.57. The van der Waals surface area contributed by atoms with E-state index in [0.717, 1.165) is 10.5 Å². The van der Waals surface area contributed by atoms with Crippen molar-refractivity contribution < 1.29 is 24.3 Å². The highest BCUT2D eigenvalue weighted by Gasteiger charge is 2.35. The number of carbonyl (C=O) groups excluding carboxylic acids is 3. The number of hydrogen-bond acceptors (Lipinski definition) is 5. The molecule has 0 unspecified atom stereocenters. The van der Waals surface area contributed by atoms with Gasteiger partial charge >= 0.3 is 5.97 Å². The van der Waals surface area contributed by atoms with Crippen molar-refractivity contribution in [3.05, 3.63) is 63.1 Å². The highest BCUT2D eigenvalue weighted by Crippen LogP contribution is 2.27. The van der Waals surface area contributed by atoms with Gasteiger partial charge in [0.1, 0.15) is 0 Å². The molecule has 1 heterocycles. The van der Waals surface area contributed by atoms with Gasteiger partial charge in [0.05, 0.1) is 23.3 Å². The maximum absolute atomic E-state index is 12.4. The van der Waals surface area contributed by atoms with Gasteiger partial charge in [-0.25, -0.2) is 0 Å². The van der Waals surface area contributed by atoms with Crippen molar-refractivity contribution in [2.75, 3.05) is 17.6 Å². The van der Waals surface area contributed by atoms with Gasteiger partial charge in [-0.2, -0.15) is 0 Å². The summed E-state index contributed by atoms with van der Waals surface area (Å²) >= 11 is 13.3. The molecule has 0 saturated carbocycles. The van der Waals surface area contributed by atoms with Gasteiger partial charge in [-0.1, -0.05) is 29.3 Å². The average molecular weight is 467 g/mol. The lowest BCUT2D eigenvalue weighted by Crippen LogP contribution is -2.31. The third-order valence-corrected chi connectivity index (χ3v) is 5.88. The number of thioether (sulfide) groups is 1. The van der Waals surface area contributed by atoms with Crippen molar-refractivity contribution in [3.8, 4) is 0 Å². The largest absolute Gasteiger partial charge is 0.481 e. The first kappa shape index (κ1) is 22.1. The summed E-state index contributed by atoms with van der Waals surface area (Å²) in [5, 5.41) is 12.5. The van der Waals surface area contributed by atoms with Gasteiger partial charge in [0.2, 0.25) is 5.91 Å². The molecular weight excluding hydrogens is 451 g/mol. The number of benzene rings is 2. The van der Waals surface area contributed by atoms with Crippen LogP contribution >= 0.6 is 35.0 Å². The number of rotatable bonds is 8. The van der Waals surface area contributed by atoms with E-state index in [4.69, 9.17) is 28.3 Å². The SMILES string of the molecule is O=C(O)CCN1C(=O)c2ccc(NC(=O)CSCc3ccc(Cl)cc3Cl)cc2C1=O. The first-order valence-corrected chi connectivity index (χ1v) is 10.7. The van der Waals surface area contributed by atoms with Crippen molar-refractivity contribution in [2.45, 2.75) is 12.2 Å². The Morgan fingerprint density at radius 2 is 1.77 bits per heavy atom. The minimum Gasteiger partial charge on any atom is -0.481 e. The van der Waals surface area contributed by atoms with Crippen LogP contribution in [-0.4, -0.2) is 46.0 Å². The van der Waals surface area contributed by atoms with Crippen molar-refractivity contribution in [1.82, 2.24) is 4.90 Å². The van der Waals surface area contributed by atoms with Gasteiger partial charge in [0.25, 0.3) is 11.8 Å². The van der Waals surface area contributed by atoms with Gasteiger partial charge < -0.3 is 10.4 Å². The second-order valence-corrected chi connectivity index (χ2v) is 8.27. The lowest BCUT2D eigenvalue weighted by Gasteiger charge is -2.11. The van der Waals surface area contributed by atoms with Crippen LogP contribution in [0.2, 0.25) is 10.0 Å². The molecule has 10 heteroatoms. The molecule has 0 fully saturated rings. The number of carbonyl (C=O) groups is 4. The van der Waals surface area contributed by atoms with Gasteiger partial charge in [-0.3, -0.25) is 24.1 Å². The Kier molecular flexibility index (Phi) is 7.02. The molecule has 156 valence electrons. The van der Waals surface area contributed by atoms with E-state index in [2.05, 4.69) is 5.32 Å². The fourth-order valence-electron chi connectivity index (χ4n) is 2.87. The molecule has 0 saturated heterocycles. The highest BCUT2D eigenvalue weighted by molar-refractivity contribution is 7.99. The van der Waals surface area contributed by atoms with Crippen LogP contribution in [0.1, 0.15) is 32.7 Å². The molecule has 1 aliphatic heterocycles. The monoisotopic (exact) mass is 466 g/mol. The van der Waals surface area contributed by atoms with Crippen LogP contribution < -0.4 is 5.32 Å². The van der Waals surface area contributed by atoms with Crippen LogP contribution in [0.5, 0.6) is 0 Å². The number of imide groups is 1. The van der Waals surface area contributed by atoms with Gasteiger partial charge in [-0.05, 0) is 35.9 Å². The molecule has 3 amide bonds. The Labute approximate surface area is 186 Å². The third-order valence-electron chi connectivity index (χ3n) is 4.31. The van der Waals surface area contributed by atoms with E-state index in [-0.39, 0.29) is 35.8 Å². The maximum Gasteiger partial charge on any atom is 0.305 e. The molecule has 3 rings (SSSR count). The Hall–Kier alpha value is -2.55. The summed E-state index contributed by atoms with van der Waals surface area (Å²) in [6, 6.07) is 9.58. The third kappa shape index (κ3) is 5.13. The molecule has 0 radical (unpaired) electrons. The number of nitrogens with one attached hydrogen (secondary N) is 1. The molecule has 2 N–H and O–H groups in total. The Bertz CT molecular complexity index is 1040. The number of aliphatic carboxylic acids is 1. The number of carboxylic acid groups (broad SMARTS) is 1. The zero-order valence-corrected chi connectivity index (χ0v) is 17.8. The molecule has 2 aromatic rings. The fraction of sp³-hybridized carbons (Fsp3) is 0.200. The summed E-state index contributed by atoms with van der Waals surface area (Å²) in [5.74, 6) is -1.79. The van der Waals surface area contributed by atoms with Crippen LogP contribution in [0.4, 0.5) is 5.69 Å². The smallest absolute Gasteiger partial charge is 0.305 e. The normalized spacial score (nSPS) is 12.8. The first-order chi connectivity index (χ1) is 14.3. The molecule has 0 spiro atoms. The van der Waals surface area contributed by atoms with Crippen LogP contribution in [0.25, 0.3) is 0 Å². The number of halogens is 2. The van der Waals surface area contributed by atoms with Crippen LogP contribution in [0.15, 0.2) is 36.4 Å². The van der Waals surface area contributed by atoms with Crippen molar-refractivity contribution in [1.29, 1.82) is 0 Å². The Balaban J connectivity index is 1.58. The topological polar surface area (TPSA) is 104 Å². The minimum atomic E-state index is -1.10. The highest BCUT2D eigenvalue weighted by atomic mass is 35.5. The van der Waals surface area contributed by atoms with E-state index >= 15 is 0 Å². The van der Waals surface area contributed by atoms with Crippen LogP contribution in [0, 0.1) is 0 Å². The standard InChI is InChI=1S/C20H16Cl2N2O5S/c21-12-2-1-11(16(22)7-12)9-30-10-17(25)23-13-3-4-14-15(8-13)20(29)24(19(14)28)6-5-18(26)27/h1-4,7-8H,5-6,9-10H2,(H,23,25)(H,26,27). The van der Waals surface area contributed by atoms with Crippen molar-refractivity contribution in [2.24, 2.45) is 0 Å². The molecule has 0 aromatic heterocycles. The molecule has 0 aliphatic carbocycles. The minimum absolute atomic E-state index is 0.142. The predicted molar refractivity (Wildman–Crippen MR) is 115 cm³/mol. The Morgan fingerprint density at radius 1 is 1.03 bits per heavy atom. The molecule has 1 aliphatic rings. The zero-order valence-electron chi connectivity index (χ0n) is 15.5. The van der Waals surface area contributed by atoms with E-state index in [1.165, 1.54) is 30.0 Å². The zero-order chi connectivity index (χ0) is 21.8. The summed E-state index contributed by atoms with van der Waals surface area (Å²) in [7, 11) is 0. The van der Waals surface area contributed by atoms with E-state index in [1.807, 2.05) is 0 Å². The molecule has 7 nitrogen and oxygen atoms in total. The number of fused-ring (bicyclic) bond motifs is 1. The molecular formula is C20H16Cl2N2O5S. The summed E-state index contributed by atoms with van der Waals surface area (Å²) in [4.78, 5) is 48.5. The second-order valence-electron chi connectivity index (χ2n) is 6.44. The summed E-state index contributed by atoms with van der Waals surface area (Å²) < 4.78 is 0. The molecule has 0 bridgehead atoms. The fourth-order valence-corrected chi connectivity index (χ4v) is 4.25. The Morgan fingerprint density at radius 3 is 2.47 bits per heavy atom. The van der Waals surface area contributed by atoms with E-state index in [0.29, 0.717) is 21.5 Å². The van der Waals surface area contributed by atoms with Gasteiger partial charge in [0.15, 0.2) is 0 Å². The second kappa shape index (κ2) is 9.51. The van der Waals surface area contributed by atoms with Crippen LogP contribution in [0.3, 0.4) is 0 Å². The lowest BCUT2D eigenvalue weighted by molar-refractivity contribution is -0.137. The van der Waals surface area contributed by atoms with Crippen molar-refractivity contribution in [3.63, 3.8) is 0 Å². The predicted octanol–water partition coefficient (Wildman–Crippen LogP) is 3.94. The van der Waals surface area contributed by atoms with Gasteiger partial charge in [-0.15, -0.1) is 11.8 Å². The van der Waals surface area contributed by atoms with Crippen LogP contribution in [-0.2, 0) is 15.3 Å². The molecule has 0 atom stereocenters. The number of nitrogens with zero attached hydrogens (tertiary/aromatic N) is 1. The number of amides is 3. The lowest BCUT2D eigenvalue weighted by atomic mass is 10.1. The van der Waals surface area contributed by atoms with E-state index in [1.54, 1.807) is 18.2 Å². The number of anilines is 1. The van der Waals surface area contributed by atoms with E-state index < -0.39 is 17.8 Å². The molecule has 2 aromatic carbocycles. The van der Waals surface area contributed by atoms with Crippen molar-refractivity contribution >= 4 is 64.3 Å². The molecule has 30 heavy (non-hydrogen) atoms. The number of hydrogen-bond donors (Lipinski definition) is 2. The number of carboxylic acids is 1.